The van der Waals surface area contributed by atoms with E-state index in [0.29, 0.717) is 18.1 Å². The molecule has 1 saturated carbocycles. The molecular formula is C21H26N4O2S. The largest absolute Gasteiger partial charge is 0.312 e. The Bertz CT molecular complexity index is 868. The standard InChI is InChI=1S/C21H26N4O2S/c1-13-8-14(2)10-17(9-13)25-12-16(11-18(25)26)20-23-24-21(28-20)22-19(27)15-6-4-3-5-7-15/h8-10,15-16H,3-7,11-12H2,1-2H3,(H,22,24,27)/t16-/m0/s1. The van der Waals surface area contributed by atoms with Gasteiger partial charge in [0.25, 0.3) is 0 Å². The molecule has 148 valence electrons. The fourth-order valence-corrected chi connectivity index (χ4v) is 5.09. The van der Waals surface area contributed by atoms with Crippen LogP contribution in [0.15, 0.2) is 18.2 Å². The fraction of sp³-hybridized carbons (Fsp3) is 0.524. The third-order valence-electron chi connectivity index (χ3n) is 5.64. The maximum absolute atomic E-state index is 12.6. The number of hydrogen-bond donors (Lipinski definition) is 1. The molecule has 1 atom stereocenters. The Morgan fingerprint density at radius 2 is 1.82 bits per heavy atom. The van der Waals surface area contributed by atoms with E-state index in [0.717, 1.165) is 47.5 Å². The second-order valence-corrected chi connectivity index (χ2v) is 9.03. The third kappa shape index (κ3) is 4.09. The Hall–Kier alpha value is -2.28. The van der Waals surface area contributed by atoms with Crippen molar-refractivity contribution in [1.82, 2.24) is 10.2 Å². The smallest absolute Gasteiger partial charge is 0.229 e. The molecule has 28 heavy (non-hydrogen) atoms. The number of aromatic nitrogens is 2. The summed E-state index contributed by atoms with van der Waals surface area (Å²) in [5.74, 6) is 0.278. The molecule has 2 aromatic rings. The van der Waals surface area contributed by atoms with E-state index in [1.54, 1.807) is 0 Å². The molecular weight excluding hydrogens is 372 g/mol. The van der Waals surface area contributed by atoms with Gasteiger partial charge in [0, 0.05) is 30.5 Å². The lowest BCUT2D eigenvalue weighted by Crippen LogP contribution is -2.24. The van der Waals surface area contributed by atoms with E-state index in [-0.39, 0.29) is 23.7 Å². The van der Waals surface area contributed by atoms with E-state index >= 15 is 0 Å². The molecule has 2 aliphatic rings. The minimum Gasteiger partial charge on any atom is -0.312 e. The SMILES string of the molecule is Cc1cc(C)cc(N2C[C@@H](c3nnc(NC(=O)C4CCCCC4)s3)CC2=O)c1. The van der Waals surface area contributed by atoms with Gasteiger partial charge in [-0.15, -0.1) is 10.2 Å². The summed E-state index contributed by atoms with van der Waals surface area (Å²) in [5, 5.41) is 12.7. The van der Waals surface area contributed by atoms with Crippen molar-refractivity contribution in [1.29, 1.82) is 0 Å². The second kappa shape index (κ2) is 7.99. The van der Waals surface area contributed by atoms with Gasteiger partial charge in [0.15, 0.2) is 0 Å². The number of carbonyl (C=O) groups excluding carboxylic acids is 2. The Balaban J connectivity index is 1.43. The molecule has 0 bridgehead atoms. The third-order valence-corrected chi connectivity index (χ3v) is 6.64. The highest BCUT2D eigenvalue weighted by molar-refractivity contribution is 7.15. The van der Waals surface area contributed by atoms with E-state index in [1.807, 2.05) is 30.9 Å². The molecule has 4 rings (SSSR count). The zero-order valence-corrected chi connectivity index (χ0v) is 17.2. The van der Waals surface area contributed by atoms with Gasteiger partial charge in [0.05, 0.1) is 0 Å². The molecule has 6 nitrogen and oxygen atoms in total. The monoisotopic (exact) mass is 398 g/mol. The van der Waals surface area contributed by atoms with Crippen LogP contribution >= 0.6 is 11.3 Å². The number of rotatable bonds is 4. The number of aryl methyl sites for hydroxylation is 2. The number of hydrogen-bond acceptors (Lipinski definition) is 5. The van der Waals surface area contributed by atoms with Gasteiger partial charge >= 0.3 is 0 Å². The van der Waals surface area contributed by atoms with Crippen molar-refractivity contribution in [2.45, 2.75) is 58.3 Å². The van der Waals surface area contributed by atoms with Crippen molar-refractivity contribution in [3.8, 4) is 0 Å². The minimum absolute atomic E-state index is 0.0196. The maximum Gasteiger partial charge on any atom is 0.229 e. The Kier molecular flexibility index (Phi) is 5.44. The first-order valence-corrected chi connectivity index (χ1v) is 10.8. The summed E-state index contributed by atoms with van der Waals surface area (Å²) in [6, 6.07) is 6.19. The van der Waals surface area contributed by atoms with Gasteiger partial charge in [-0.05, 0) is 49.9 Å². The van der Waals surface area contributed by atoms with Crippen molar-refractivity contribution >= 4 is 34.0 Å². The lowest BCUT2D eigenvalue weighted by Gasteiger charge is -2.19. The Labute approximate surface area is 169 Å². The average Bonchev–Trinajstić information content (AvgIpc) is 3.28. The summed E-state index contributed by atoms with van der Waals surface area (Å²) < 4.78 is 0. The first-order valence-electron chi connectivity index (χ1n) is 10.0. The molecule has 1 aromatic heterocycles. The van der Waals surface area contributed by atoms with Crippen LogP contribution < -0.4 is 10.2 Å². The van der Waals surface area contributed by atoms with Crippen LogP contribution in [0.25, 0.3) is 0 Å². The van der Waals surface area contributed by atoms with Crippen LogP contribution in [0.5, 0.6) is 0 Å². The highest BCUT2D eigenvalue weighted by atomic mass is 32.1. The summed E-state index contributed by atoms with van der Waals surface area (Å²) in [4.78, 5) is 26.8. The van der Waals surface area contributed by atoms with Gasteiger partial charge in [-0.25, -0.2) is 0 Å². The zero-order chi connectivity index (χ0) is 19.7. The van der Waals surface area contributed by atoms with Crippen molar-refractivity contribution in [2.24, 2.45) is 5.92 Å². The molecule has 2 amide bonds. The lowest BCUT2D eigenvalue weighted by molar-refractivity contribution is -0.120. The van der Waals surface area contributed by atoms with Gasteiger partial charge in [-0.3, -0.25) is 9.59 Å². The predicted molar refractivity (Wildman–Crippen MR) is 111 cm³/mol. The van der Waals surface area contributed by atoms with Crippen molar-refractivity contribution in [3.05, 3.63) is 34.3 Å². The van der Waals surface area contributed by atoms with Gasteiger partial charge in [-0.2, -0.15) is 0 Å². The normalized spacial score (nSPS) is 20.6. The number of amides is 2. The van der Waals surface area contributed by atoms with E-state index in [4.69, 9.17) is 0 Å². The highest BCUT2D eigenvalue weighted by Gasteiger charge is 2.34. The van der Waals surface area contributed by atoms with Gasteiger partial charge in [-0.1, -0.05) is 36.7 Å². The first-order chi connectivity index (χ1) is 13.5. The Morgan fingerprint density at radius 3 is 2.54 bits per heavy atom. The van der Waals surface area contributed by atoms with Crippen molar-refractivity contribution in [2.75, 3.05) is 16.8 Å². The van der Waals surface area contributed by atoms with E-state index in [2.05, 4.69) is 21.6 Å². The maximum atomic E-state index is 12.6. The van der Waals surface area contributed by atoms with Crippen molar-refractivity contribution in [3.63, 3.8) is 0 Å². The average molecular weight is 399 g/mol. The molecule has 1 saturated heterocycles. The number of nitrogens with zero attached hydrogens (tertiary/aromatic N) is 3. The van der Waals surface area contributed by atoms with E-state index in [9.17, 15) is 9.59 Å². The number of anilines is 2. The van der Waals surface area contributed by atoms with Crippen LogP contribution in [0.4, 0.5) is 10.8 Å². The molecule has 1 aliphatic heterocycles. The second-order valence-electron chi connectivity index (χ2n) is 8.02. The van der Waals surface area contributed by atoms with Crippen LogP contribution in [0.1, 0.15) is 60.6 Å². The summed E-state index contributed by atoms with van der Waals surface area (Å²) in [6.45, 7) is 4.69. The van der Waals surface area contributed by atoms with Crippen LogP contribution in [0, 0.1) is 19.8 Å². The summed E-state index contributed by atoms with van der Waals surface area (Å²) in [7, 11) is 0. The topological polar surface area (TPSA) is 75.2 Å². The summed E-state index contributed by atoms with van der Waals surface area (Å²) >= 11 is 1.39. The number of nitrogens with one attached hydrogen (secondary N) is 1. The molecule has 0 unspecified atom stereocenters. The van der Waals surface area contributed by atoms with Crippen LogP contribution in [0.3, 0.4) is 0 Å². The summed E-state index contributed by atoms with van der Waals surface area (Å²) in [5.41, 5.74) is 3.24. The zero-order valence-electron chi connectivity index (χ0n) is 16.4. The quantitative estimate of drug-likeness (QED) is 0.838. The van der Waals surface area contributed by atoms with Gasteiger partial charge in [0.1, 0.15) is 5.01 Å². The van der Waals surface area contributed by atoms with Crippen LogP contribution in [-0.2, 0) is 9.59 Å². The summed E-state index contributed by atoms with van der Waals surface area (Å²) in [6.07, 6.45) is 5.81. The number of benzene rings is 1. The molecule has 1 aliphatic carbocycles. The van der Waals surface area contributed by atoms with Crippen LogP contribution in [-0.4, -0.2) is 28.6 Å². The molecule has 1 N–H and O–H groups in total. The van der Waals surface area contributed by atoms with Gasteiger partial charge in [0.2, 0.25) is 16.9 Å². The van der Waals surface area contributed by atoms with Crippen LogP contribution in [0.2, 0.25) is 0 Å². The minimum atomic E-state index is 0.0196. The molecule has 2 fully saturated rings. The Morgan fingerprint density at radius 1 is 1.11 bits per heavy atom. The molecule has 0 spiro atoms. The highest BCUT2D eigenvalue weighted by Crippen LogP contribution is 2.35. The number of carbonyl (C=O) groups is 2. The lowest BCUT2D eigenvalue weighted by atomic mass is 9.89. The van der Waals surface area contributed by atoms with E-state index in [1.165, 1.54) is 17.8 Å². The molecule has 7 heteroatoms. The fourth-order valence-electron chi connectivity index (χ4n) is 4.25. The first kappa shape index (κ1) is 19.1. The predicted octanol–water partition coefficient (Wildman–Crippen LogP) is 4.19. The molecule has 1 aromatic carbocycles. The van der Waals surface area contributed by atoms with Crippen molar-refractivity contribution < 1.29 is 9.59 Å². The van der Waals surface area contributed by atoms with E-state index < -0.39 is 0 Å². The molecule has 2 heterocycles. The van der Waals surface area contributed by atoms with Gasteiger partial charge < -0.3 is 10.2 Å². The molecule has 0 radical (unpaired) electrons.